The summed E-state index contributed by atoms with van der Waals surface area (Å²) >= 11 is 1.21. The molecule has 0 amide bonds. The summed E-state index contributed by atoms with van der Waals surface area (Å²) in [6.45, 7) is 4.07. The van der Waals surface area contributed by atoms with E-state index in [1.54, 1.807) is 6.07 Å². The second kappa shape index (κ2) is 5.57. The van der Waals surface area contributed by atoms with E-state index in [2.05, 4.69) is 10.2 Å². The number of nitro groups is 1. The number of likely N-dealkylation sites (tertiary alicyclic amines) is 1. The Bertz CT molecular complexity index is 394. The van der Waals surface area contributed by atoms with Crippen molar-refractivity contribution in [1.82, 2.24) is 10.2 Å². The summed E-state index contributed by atoms with van der Waals surface area (Å²) in [4.78, 5) is 12.6. The molecule has 1 aromatic heterocycles. The van der Waals surface area contributed by atoms with E-state index in [9.17, 15) is 10.1 Å². The summed E-state index contributed by atoms with van der Waals surface area (Å²) in [7, 11) is 1.98. The third-order valence-corrected chi connectivity index (χ3v) is 4.02. The molecule has 1 aliphatic heterocycles. The number of hydrogen-bond acceptors (Lipinski definition) is 5. The Morgan fingerprint density at radius 1 is 1.71 bits per heavy atom. The largest absolute Gasteiger partial charge is 0.324 e. The van der Waals surface area contributed by atoms with Crippen LogP contribution in [0.3, 0.4) is 0 Å². The SMILES string of the molecule is CNCC1CCN(Cc2csc([N+](=O)[O-])c2)C1. The predicted molar refractivity (Wildman–Crippen MR) is 68.3 cm³/mol. The summed E-state index contributed by atoms with van der Waals surface area (Å²) < 4.78 is 0. The zero-order valence-electron chi connectivity index (χ0n) is 9.89. The molecule has 0 spiro atoms. The first kappa shape index (κ1) is 12.5. The fraction of sp³-hybridized carbons (Fsp3) is 0.636. The zero-order valence-corrected chi connectivity index (χ0v) is 10.7. The van der Waals surface area contributed by atoms with E-state index in [0.717, 1.165) is 31.7 Å². The van der Waals surface area contributed by atoms with Crippen LogP contribution in [0.1, 0.15) is 12.0 Å². The van der Waals surface area contributed by atoms with Crippen molar-refractivity contribution < 1.29 is 4.92 Å². The van der Waals surface area contributed by atoms with Gasteiger partial charge in [0.05, 0.1) is 4.92 Å². The molecule has 1 saturated heterocycles. The van der Waals surface area contributed by atoms with Gasteiger partial charge >= 0.3 is 5.00 Å². The maximum Gasteiger partial charge on any atom is 0.324 e. The molecule has 0 radical (unpaired) electrons. The molecule has 6 heteroatoms. The normalized spacial score (nSPS) is 20.9. The van der Waals surface area contributed by atoms with Gasteiger partial charge in [0, 0.05) is 24.5 Å². The molecule has 5 nitrogen and oxygen atoms in total. The summed E-state index contributed by atoms with van der Waals surface area (Å²) in [6, 6.07) is 1.69. The molecule has 94 valence electrons. The zero-order chi connectivity index (χ0) is 12.3. The number of hydrogen-bond donors (Lipinski definition) is 1. The van der Waals surface area contributed by atoms with E-state index in [0.29, 0.717) is 5.92 Å². The topological polar surface area (TPSA) is 58.4 Å². The van der Waals surface area contributed by atoms with Crippen LogP contribution in [0.4, 0.5) is 5.00 Å². The molecular weight excluding hydrogens is 238 g/mol. The van der Waals surface area contributed by atoms with Crippen molar-refractivity contribution in [1.29, 1.82) is 0 Å². The highest BCUT2D eigenvalue weighted by Crippen LogP contribution is 2.25. The van der Waals surface area contributed by atoms with Gasteiger partial charge in [-0.2, -0.15) is 0 Å². The Labute approximate surface area is 105 Å². The summed E-state index contributed by atoms with van der Waals surface area (Å²) in [6.07, 6.45) is 1.22. The average Bonchev–Trinajstić information content (AvgIpc) is 2.89. The third-order valence-electron chi connectivity index (χ3n) is 3.09. The summed E-state index contributed by atoms with van der Waals surface area (Å²) in [5.74, 6) is 0.716. The van der Waals surface area contributed by atoms with Crippen molar-refractivity contribution in [3.8, 4) is 0 Å². The van der Waals surface area contributed by atoms with Crippen molar-refractivity contribution >= 4 is 16.3 Å². The monoisotopic (exact) mass is 255 g/mol. The van der Waals surface area contributed by atoms with Crippen molar-refractivity contribution in [2.75, 3.05) is 26.7 Å². The molecule has 1 fully saturated rings. The van der Waals surface area contributed by atoms with Crippen LogP contribution in [0.15, 0.2) is 11.4 Å². The van der Waals surface area contributed by atoms with Gasteiger partial charge in [0.1, 0.15) is 0 Å². The minimum Gasteiger partial charge on any atom is -0.319 e. The minimum absolute atomic E-state index is 0.242. The lowest BCUT2D eigenvalue weighted by molar-refractivity contribution is -0.380. The van der Waals surface area contributed by atoms with Gasteiger partial charge in [-0.25, -0.2) is 0 Å². The molecule has 2 heterocycles. The smallest absolute Gasteiger partial charge is 0.319 e. The molecule has 1 unspecified atom stereocenters. The van der Waals surface area contributed by atoms with E-state index in [1.807, 2.05) is 12.4 Å². The van der Waals surface area contributed by atoms with Crippen LogP contribution in [0.5, 0.6) is 0 Å². The van der Waals surface area contributed by atoms with Crippen LogP contribution in [0, 0.1) is 16.0 Å². The Hall–Kier alpha value is -0.980. The Kier molecular flexibility index (Phi) is 4.09. The molecule has 1 atom stereocenters. The van der Waals surface area contributed by atoms with E-state index >= 15 is 0 Å². The third kappa shape index (κ3) is 3.24. The molecule has 2 rings (SSSR count). The van der Waals surface area contributed by atoms with Gasteiger partial charge in [0.2, 0.25) is 0 Å². The van der Waals surface area contributed by atoms with Gasteiger partial charge in [-0.3, -0.25) is 15.0 Å². The van der Waals surface area contributed by atoms with Gasteiger partial charge < -0.3 is 5.32 Å². The molecule has 1 aliphatic rings. The highest BCUT2D eigenvalue weighted by Gasteiger charge is 2.22. The van der Waals surface area contributed by atoms with Crippen LogP contribution in [0.2, 0.25) is 0 Å². The van der Waals surface area contributed by atoms with E-state index < -0.39 is 0 Å². The minimum atomic E-state index is -0.318. The highest BCUT2D eigenvalue weighted by molar-refractivity contribution is 7.13. The van der Waals surface area contributed by atoms with E-state index in [4.69, 9.17) is 0 Å². The maximum absolute atomic E-state index is 10.6. The van der Waals surface area contributed by atoms with Crippen LogP contribution >= 0.6 is 11.3 Å². The predicted octanol–water partition coefficient (Wildman–Crippen LogP) is 1.70. The fourth-order valence-electron chi connectivity index (χ4n) is 2.31. The molecule has 0 aromatic carbocycles. The Morgan fingerprint density at radius 2 is 2.53 bits per heavy atom. The van der Waals surface area contributed by atoms with Crippen molar-refractivity contribution in [3.63, 3.8) is 0 Å². The van der Waals surface area contributed by atoms with Crippen molar-refractivity contribution in [3.05, 3.63) is 27.1 Å². The molecule has 0 bridgehead atoms. The lowest BCUT2D eigenvalue weighted by atomic mass is 10.1. The average molecular weight is 255 g/mol. The van der Waals surface area contributed by atoms with Crippen LogP contribution < -0.4 is 5.32 Å². The number of thiophene rings is 1. The van der Waals surface area contributed by atoms with Gasteiger partial charge in [-0.15, -0.1) is 0 Å². The highest BCUT2D eigenvalue weighted by atomic mass is 32.1. The standard InChI is InChI=1S/C11H17N3O2S/c1-12-5-9-2-3-13(6-9)7-10-4-11(14(15)16)17-8-10/h4,8-9,12H,2-3,5-7H2,1H3. The molecule has 1 aromatic rings. The molecule has 0 saturated carbocycles. The number of nitrogens with one attached hydrogen (secondary N) is 1. The van der Waals surface area contributed by atoms with Crippen LogP contribution in [0.25, 0.3) is 0 Å². The van der Waals surface area contributed by atoms with Gasteiger partial charge in [-0.05, 0) is 38.0 Å². The van der Waals surface area contributed by atoms with Crippen molar-refractivity contribution in [2.24, 2.45) is 5.92 Å². The quantitative estimate of drug-likeness (QED) is 0.642. The number of rotatable bonds is 5. The van der Waals surface area contributed by atoms with Gasteiger partial charge in [0.15, 0.2) is 0 Å². The van der Waals surface area contributed by atoms with E-state index in [-0.39, 0.29) is 9.92 Å². The summed E-state index contributed by atoms with van der Waals surface area (Å²) in [5, 5.41) is 15.9. The molecule has 17 heavy (non-hydrogen) atoms. The first-order valence-electron chi connectivity index (χ1n) is 5.78. The fourth-order valence-corrected chi connectivity index (χ4v) is 3.03. The second-order valence-electron chi connectivity index (χ2n) is 4.50. The lowest BCUT2D eigenvalue weighted by Crippen LogP contribution is -2.24. The Balaban J connectivity index is 1.87. The lowest BCUT2D eigenvalue weighted by Gasteiger charge is -2.14. The Morgan fingerprint density at radius 3 is 3.18 bits per heavy atom. The summed E-state index contributed by atoms with van der Waals surface area (Å²) in [5.41, 5.74) is 1.06. The van der Waals surface area contributed by atoms with Crippen LogP contribution in [-0.2, 0) is 6.54 Å². The maximum atomic E-state index is 10.6. The van der Waals surface area contributed by atoms with Crippen molar-refractivity contribution in [2.45, 2.75) is 13.0 Å². The first-order chi connectivity index (χ1) is 8.19. The van der Waals surface area contributed by atoms with Crippen LogP contribution in [-0.4, -0.2) is 36.5 Å². The molecule has 0 aliphatic carbocycles. The second-order valence-corrected chi connectivity index (χ2v) is 5.39. The molecule has 1 N–H and O–H groups in total. The molecular formula is C11H17N3O2S. The first-order valence-corrected chi connectivity index (χ1v) is 6.65. The van der Waals surface area contributed by atoms with Gasteiger partial charge in [-0.1, -0.05) is 11.3 Å². The van der Waals surface area contributed by atoms with E-state index in [1.165, 1.54) is 17.8 Å². The van der Waals surface area contributed by atoms with Gasteiger partial charge in [0.25, 0.3) is 0 Å². The number of nitrogens with zero attached hydrogens (tertiary/aromatic N) is 2.